The van der Waals surface area contributed by atoms with Crippen LogP contribution >= 0.6 is 0 Å². The highest BCUT2D eigenvalue weighted by Crippen LogP contribution is 2.16. The minimum Gasteiger partial charge on any atom is -0.385 e. The molecule has 0 saturated heterocycles. The summed E-state index contributed by atoms with van der Waals surface area (Å²) in [6, 6.07) is 13.9. The van der Waals surface area contributed by atoms with E-state index in [1.807, 2.05) is 12.1 Å². The first kappa shape index (κ1) is 32.2. The van der Waals surface area contributed by atoms with Gasteiger partial charge in [0.05, 0.1) is 11.9 Å². The second-order valence-electron chi connectivity index (χ2n) is 9.66. The third kappa shape index (κ3) is 10.3. The number of pyridine rings is 2. The maximum Gasteiger partial charge on any atom is 0.295 e. The van der Waals surface area contributed by atoms with Crippen LogP contribution in [-0.4, -0.2) is 42.2 Å². The van der Waals surface area contributed by atoms with Crippen molar-refractivity contribution in [1.29, 1.82) is 0 Å². The molecule has 0 radical (unpaired) electrons. The molecule has 10 heteroatoms. The van der Waals surface area contributed by atoms with Crippen LogP contribution in [0.25, 0.3) is 11.8 Å². The van der Waals surface area contributed by atoms with Gasteiger partial charge in [0, 0.05) is 47.5 Å². The second kappa shape index (κ2) is 16.2. The van der Waals surface area contributed by atoms with E-state index in [1.165, 1.54) is 30.0 Å². The van der Waals surface area contributed by atoms with Crippen LogP contribution in [0, 0.1) is 0 Å². The van der Waals surface area contributed by atoms with Gasteiger partial charge in [-0.15, -0.1) is 0 Å². The lowest BCUT2D eigenvalue weighted by Gasteiger charge is -2.11. The first-order valence-corrected chi connectivity index (χ1v) is 15.5. The predicted octanol–water partition coefficient (Wildman–Crippen LogP) is 5.84. The number of nitrogens with one attached hydrogen (secondary N) is 3. The maximum absolute atomic E-state index is 11.5. The molecule has 2 aromatic heterocycles. The third-order valence-corrected chi connectivity index (χ3v) is 7.34. The Kier molecular flexibility index (Phi) is 12.5. The summed E-state index contributed by atoms with van der Waals surface area (Å²) in [6.07, 6.45) is 12.1. The van der Waals surface area contributed by atoms with Gasteiger partial charge in [-0.2, -0.15) is 13.5 Å². The fraction of sp³-hybridized carbons (Fsp3) is 0.281. The summed E-state index contributed by atoms with van der Waals surface area (Å²) in [5.74, 6) is 0.469. The van der Waals surface area contributed by atoms with E-state index in [2.05, 4.69) is 71.4 Å². The fourth-order valence-corrected chi connectivity index (χ4v) is 4.68. The Morgan fingerprint density at radius 2 is 1.81 bits per heavy atom. The summed E-state index contributed by atoms with van der Waals surface area (Å²) in [4.78, 5) is 8.90. The largest absolute Gasteiger partial charge is 0.385 e. The first-order chi connectivity index (χ1) is 20.2. The summed E-state index contributed by atoms with van der Waals surface area (Å²) in [7, 11) is -4.34. The van der Waals surface area contributed by atoms with E-state index >= 15 is 0 Å². The summed E-state index contributed by atoms with van der Waals surface area (Å²) in [5, 5.41) is 10.7. The van der Waals surface area contributed by atoms with Crippen LogP contribution in [0.15, 0.2) is 89.7 Å². The average molecular weight is 589 g/mol. The van der Waals surface area contributed by atoms with Crippen LogP contribution in [-0.2, 0) is 23.0 Å². The molecule has 0 spiro atoms. The van der Waals surface area contributed by atoms with Gasteiger partial charge < -0.3 is 10.6 Å². The molecule has 0 aliphatic rings. The molecule has 0 unspecified atom stereocenters. The minimum absolute atomic E-state index is 0.219. The lowest BCUT2D eigenvalue weighted by molar-refractivity contribution is 0.483. The van der Waals surface area contributed by atoms with Crippen molar-refractivity contribution in [3.05, 3.63) is 108 Å². The van der Waals surface area contributed by atoms with E-state index in [-0.39, 0.29) is 10.5 Å². The number of unbranched alkanes of at least 4 members (excludes halogenated alkanes) is 1. The normalized spacial score (nSPS) is 11.6. The van der Waals surface area contributed by atoms with Crippen molar-refractivity contribution < 1.29 is 13.0 Å². The van der Waals surface area contributed by atoms with Crippen molar-refractivity contribution in [2.75, 3.05) is 18.5 Å². The molecule has 3 rings (SSSR count). The van der Waals surface area contributed by atoms with Gasteiger partial charge in [0.2, 0.25) is 0 Å². The Morgan fingerprint density at radius 3 is 2.52 bits per heavy atom. The lowest BCUT2D eigenvalue weighted by atomic mass is 10.0. The van der Waals surface area contributed by atoms with Gasteiger partial charge in [0.15, 0.2) is 0 Å². The molecule has 0 aliphatic carbocycles. The zero-order valence-corrected chi connectivity index (χ0v) is 25.1. The summed E-state index contributed by atoms with van der Waals surface area (Å²) in [5.41, 5.74) is 8.82. The number of rotatable bonds is 17. The zero-order chi connectivity index (χ0) is 30.4. The average Bonchev–Trinajstić information content (AvgIpc) is 2.99. The Bertz CT molecular complexity index is 1520. The molecule has 42 heavy (non-hydrogen) atoms. The molecule has 0 aliphatic heterocycles. The number of hydrogen-bond acceptors (Lipinski definition) is 8. The molecule has 4 N–H and O–H groups in total. The lowest BCUT2D eigenvalue weighted by Crippen LogP contribution is -2.20. The second-order valence-corrected chi connectivity index (χ2v) is 11.1. The molecule has 3 aromatic rings. The smallest absolute Gasteiger partial charge is 0.295 e. The Balaban J connectivity index is 1.41. The van der Waals surface area contributed by atoms with E-state index in [0.29, 0.717) is 5.82 Å². The molecule has 0 saturated carbocycles. The first-order valence-electron chi connectivity index (χ1n) is 14.1. The van der Waals surface area contributed by atoms with E-state index in [4.69, 9.17) is 4.98 Å². The van der Waals surface area contributed by atoms with Crippen molar-refractivity contribution in [3.8, 4) is 0 Å². The number of allylic oxidation sites excluding steroid dienone is 1. The molecular formula is C32H40N6O3S. The van der Waals surface area contributed by atoms with Gasteiger partial charge >= 0.3 is 0 Å². The molecule has 2 heterocycles. The summed E-state index contributed by atoms with van der Waals surface area (Å²) < 4.78 is 32.3. The van der Waals surface area contributed by atoms with Crippen molar-refractivity contribution >= 4 is 33.9 Å². The fourth-order valence-electron chi connectivity index (χ4n) is 4.01. The van der Waals surface area contributed by atoms with Crippen molar-refractivity contribution in [2.24, 2.45) is 5.10 Å². The number of anilines is 1. The molecule has 0 fully saturated rings. The maximum atomic E-state index is 11.5. The molecule has 0 bridgehead atoms. The molecular weight excluding hydrogens is 548 g/mol. The zero-order valence-electron chi connectivity index (χ0n) is 24.3. The monoisotopic (exact) mass is 588 g/mol. The third-order valence-electron chi connectivity index (χ3n) is 6.41. The van der Waals surface area contributed by atoms with Crippen LogP contribution in [0.3, 0.4) is 0 Å². The molecule has 0 atom stereocenters. The van der Waals surface area contributed by atoms with Gasteiger partial charge in [-0.05, 0) is 67.7 Å². The summed E-state index contributed by atoms with van der Waals surface area (Å²) in [6.45, 7) is 14.0. The van der Waals surface area contributed by atoms with Crippen molar-refractivity contribution in [1.82, 2.24) is 20.6 Å². The number of aromatic nitrogens is 2. The standard InChI is InChI=1S/C32H40N6O3S/c1-5-7-11-26-15-17-29(6-2)37-30(26)18-14-24(3)33-20-10-21-34-25(4)27-16-19-32(35-22-27)38-36-23-28-12-8-9-13-31(28)42(39,40)41/h8-9,12-19,22-23,33-34H,3-7,10-11,20-21H2,1-2H3,(H,35,38)(H,39,40,41)/b18-14+,36-23+. The minimum atomic E-state index is -4.34. The van der Waals surface area contributed by atoms with Crippen LogP contribution in [0.5, 0.6) is 0 Å². The Labute approximate surface area is 249 Å². The molecule has 222 valence electrons. The van der Waals surface area contributed by atoms with E-state index in [9.17, 15) is 13.0 Å². The van der Waals surface area contributed by atoms with E-state index in [0.717, 1.165) is 73.5 Å². The highest BCUT2D eigenvalue weighted by atomic mass is 32.2. The Morgan fingerprint density at radius 1 is 1.02 bits per heavy atom. The van der Waals surface area contributed by atoms with Gasteiger partial charge in [-0.1, -0.05) is 57.7 Å². The Hall–Kier alpha value is -4.28. The van der Waals surface area contributed by atoms with E-state index in [1.54, 1.807) is 18.3 Å². The number of aryl methyl sites for hydroxylation is 2. The topological polar surface area (TPSA) is 129 Å². The predicted molar refractivity (Wildman–Crippen MR) is 172 cm³/mol. The van der Waals surface area contributed by atoms with Crippen LogP contribution in [0.2, 0.25) is 0 Å². The number of hydrazone groups is 1. The number of benzene rings is 1. The molecule has 1 aromatic carbocycles. The van der Waals surface area contributed by atoms with Crippen LogP contribution in [0.1, 0.15) is 61.2 Å². The van der Waals surface area contributed by atoms with Crippen molar-refractivity contribution in [3.63, 3.8) is 0 Å². The van der Waals surface area contributed by atoms with E-state index < -0.39 is 10.1 Å². The number of hydrogen-bond donors (Lipinski definition) is 4. The summed E-state index contributed by atoms with van der Waals surface area (Å²) >= 11 is 0. The van der Waals surface area contributed by atoms with Gasteiger partial charge in [0.25, 0.3) is 10.1 Å². The SMILES string of the molecule is C=C(/C=C/c1nc(CC)ccc1CCCC)NCCCNC(=C)c1ccc(N/N=C/c2ccccc2S(=O)(=O)O)nc1. The quantitative estimate of drug-likeness (QED) is 0.0509. The van der Waals surface area contributed by atoms with Gasteiger partial charge in [-0.3, -0.25) is 15.0 Å². The van der Waals surface area contributed by atoms with Crippen LogP contribution < -0.4 is 16.1 Å². The van der Waals surface area contributed by atoms with Gasteiger partial charge in [0.1, 0.15) is 10.7 Å². The molecule has 0 amide bonds. The van der Waals surface area contributed by atoms with Crippen molar-refractivity contribution in [2.45, 2.75) is 50.8 Å². The highest BCUT2D eigenvalue weighted by Gasteiger charge is 2.13. The number of nitrogens with zero attached hydrogens (tertiary/aromatic N) is 3. The molecule has 9 nitrogen and oxygen atoms in total. The highest BCUT2D eigenvalue weighted by molar-refractivity contribution is 7.86. The van der Waals surface area contributed by atoms with Gasteiger partial charge in [-0.25, -0.2) is 4.98 Å². The van der Waals surface area contributed by atoms with Crippen LogP contribution in [0.4, 0.5) is 5.82 Å².